The summed E-state index contributed by atoms with van der Waals surface area (Å²) in [6.07, 6.45) is 6.59. The predicted octanol–water partition coefficient (Wildman–Crippen LogP) is 8.87. The lowest BCUT2D eigenvalue weighted by atomic mass is 9.73. The van der Waals surface area contributed by atoms with Crippen LogP contribution in [0, 0.1) is 0 Å². The molecule has 0 saturated carbocycles. The first-order chi connectivity index (χ1) is 22.5. The number of halogens is 3. The van der Waals surface area contributed by atoms with Gasteiger partial charge in [-0.25, -0.2) is 4.79 Å². The summed E-state index contributed by atoms with van der Waals surface area (Å²) in [4.78, 5) is 38.1. The van der Waals surface area contributed by atoms with Crippen molar-refractivity contribution in [1.29, 1.82) is 0 Å². The summed E-state index contributed by atoms with van der Waals surface area (Å²) < 4.78 is 56.6. The maximum absolute atomic E-state index is 13.7. The zero-order valence-corrected chi connectivity index (χ0v) is 27.1. The fourth-order valence-corrected chi connectivity index (χ4v) is 5.48. The van der Waals surface area contributed by atoms with Gasteiger partial charge in [-0.3, -0.25) is 9.59 Å². The van der Waals surface area contributed by atoms with E-state index in [1.165, 1.54) is 62.1 Å². The first kappa shape index (κ1) is 37.5. The van der Waals surface area contributed by atoms with Crippen LogP contribution in [0.2, 0.25) is 0 Å². The number of ether oxygens (including phenoxy) is 3. The Morgan fingerprint density at radius 1 is 0.872 bits per heavy atom. The summed E-state index contributed by atoms with van der Waals surface area (Å²) in [7, 11) is 0. The molecule has 0 unspecified atom stereocenters. The van der Waals surface area contributed by atoms with E-state index in [1.807, 2.05) is 0 Å². The van der Waals surface area contributed by atoms with E-state index in [0.29, 0.717) is 18.8 Å². The number of benzene rings is 2. The monoisotopic (exact) mass is 658 g/mol. The molecule has 0 aromatic heterocycles. The number of rotatable bonds is 19. The molecule has 0 aliphatic heterocycles. The minimum Gasteiger partial charge on any atom is -0.480 e. The summed E-state index contributed by atoms with van der Waals surface area (Å²) >= 11 is 0. The number of hydrogen-bond donors (Lipinski definition) is 1. The number of allylic oxidation sites excluding steroid dienone is 2. The lowest BCUT2D eigenvalue weighted by molar-refractivity contribution is -0.206. The quantitative estimate of drug-likeness (QED) is 0.0697. The molecule has 1 aliphatic rings. The third-order valence-electron chi connectivity index (χ3n) is 8.13. The second-order valence-corrected chi connectivity index (χ2v) is 11.7. The number of esters is 2. The first-order valence-electron chi connectivity index (χ1n) is 16.4. The zero-order chi connectivity index (χ0) is 34.3. The van der Waals surface area contributed by atoms with Crippen LogP contribution in [0.1, 0.15) is 105 Å². The molecule has 1 aliphatic carbocycles. The highest BCUT2D eigenvalue weighted by atomic mass is 19.4. The average Bonchev–Trinajstić information content (AvgIpc) is 3.05. The van der Waals surface area contributed by atoms with E-state index >= 15 is 0 Å². The van der Waals surface area contributed by atoms with Gasteiger partial charge in [0, 0.05) is 25.6 Å². The van der Waals surface area contributed by atoms with Crippen molar-refractivity contribution in [3.63, 3.8) is 0 Å². The van der Waals surface area contributed by atoms with Crippen molar-refractivity contribution < 1.29 is 46.9 Å². The molecule has 0 bridgehead atoms. The van der Waals surface area contributed by atoms with Gasteiger partial charge in [-0.05, 0) is 55.5 Å². The van der Waals surface area contributed by atoms with Crippen molar-refractivity contribution >= 4 is 17.9 Å². The number of hydrogen-bond acceptors (Lipinski definition) is 6. The van der Waals surface area contributed by atoms with Crippen LogP contribution in [-0.2, 0) is 24.5 Å². The SMILES string of the molecule is CCCCCCCCCC(=O)Oc1ccc(C2C=CC(C(=O)O)(c3ccccc3C(=O)O[C@H](CCCOCC)C(F)(F)F)C=C2)cc1. The summed E-state index contributed by atoms with van der Waals surface area (Å²) in [5.41, 5.74) is -1.30. The number of carbonyl (C=O) groups is 3. The lowest BCUT2D eigenvalue weighted by Crippen LogP contribution is -2.37. The van der Waals surface area contributed by atoms with Crippen LogP contribution in [0.3, 0.4) is 0 Å². The Morgan fingerprint density at radius 2 is 1.51 bits per heavy atom. The molecule has 47 heavy (non-hydrogen) atoms. The molecule has 7 nitrogen and oxygen atoms in total. The molecule has 0 heterocycles. The van der Waals surface area contributed by atoms with E-state index in [-0.39, 0.29) is 36.0 Å². The summed E-state index contributed by atoms with van der Waals surface area (Å²) in [5.74, 6) is -2.79. The van der Waals surface area contributed by atoms with Crippen LogP contribution in [0.15, 0.2) is 72.8 Å². The van der Waals surface area contributed by atoms with Crippen LogP contribution in [0.5, 0.6) is 5.75 Å². The van der Waals surface area contributed by atoms with Gasteiger partial charge in [-0.2, -0.15) is 13.2 Å². The first-order valence-corrected chi connectivity index (χ1v) is 16.4. The molecular formula is C37H45F3O7. The van der Waals surface area contributed by atoms with Crippen LogP contribution in [0.25, 0.3) is 0 Å². The van der Waals surface area contributed by atoms with E-state index in [4.69, 9.17) is 14.2 Å². The fraction of sp³-hybridized carbons (Fsp3) is 0.486. The minimum atomic E-state index is -4.80. The molecule has 0 saturated heterocycles. The Hall–Kier alpha value is -3.92. The summed E-state index contributed by atoms with van der Waals surface area (Å²) in [6, 6.07) is 12.5. The molecule has 256 valence electrons. The van der Waals surface area contributed by atoms with Gasteiger partial charge in [0.2, 0.25) is 0 Å². The molecule has 1 atom stereocenters. The van der Waals surface area contributed by atoms with Gasteiger partial charge >= 0.3 is 24.1 Å². The van der Waals surface area contributed by atoms with Crippen molar-refractivity contribution in [2.45, 2.75) is 102 Å². The highest BCUT2D eigenvalue weighted by molar-refractivity contribution is 5.97. The van der Waals surface area contributed by atoms with Crippen LogP contribution in [-0.4, -0.2) is 48.5 Å². The number of carboxylic acids is 1. The maximum Gasteiger partial charge on any atom is 0.425 e. The Kier molecular flexibility index (Phi) is 14.7. The Labute approximate surface area is 274 Å². The topological polar surface area (TPSA) is 99.1 Å². The van der Waals surface area contributed by atoms with E-state index in [0.717, 1.165) is 24.8 Å². The van der Waals surface area contributed by atoms with Gasteiger partial charge < -0.3 is 19.3 Å². The second-order valence-electron chi connectivity index (χ2n) is 11.7. The van der Waals surface area contributed by atoms with E-state index in [2.05, 4.69) is 6.92 Å². The highest BCUT2D eigenvalue weighted by Crippen LogP contribution is 2.38. The van der Waals surface area contributed by atoms with Gasteiger partial charge in [-0.15, -0.1) is 0 Å². The third-order valence-corrected chi connectivity index (χ3v) is 8.13. The highest BCUT2D eigenvalue weighted by Gasteiger charge is 2.44. The number of alkyl halides is 3. The van der Waals surface area contributed by atoms with Crippen molar-refractivity contribution in [3.05, 3.63) is 89.5 Å². The minimum absolute atomic E-state index is 0.0121. The number of carboxylic acid groups (broad SMARTS) is 1. The number of unbranched alkanes of at least 4 members (excludes halogenated alkanes) is 6. The largest absolute Gasteiger partial charge is 0.480 e. The zero-order valence-electron chi connectivity index (χ0n) is 27.1. The Bertz CT molecular complexity index is 1350. The van der Waals surface area contributed by atoms with E-state index in [1.54, 1.807) is 43.3 Å². The fourth-order valence-electron chi connectivity index (χ4n) is 5.48. The molecule has 10 heteroatoms. The van der Waals surface area contributed by atoms with Crippen LogP contribution >= 0.6 is 0 Å². The second kappa shape index (κ2) is 18.4. The third kappa shape index (κ3) is 11.1. The maximum atomic E-state index is 13.7. The van der Waals surface area contributed by atoms with Gasteiger partial charge in [0.15, 0.2) is 6.10 Å². The molecule has 2 aromatic rings. The van der Waals surface area contributed by atoms with Gasteiger partial charge in [0.1, 0.15) is 11.2 Å². The summed E-state index contributed by atoms with van der Waals surface area (Å²) in [6.45, 7) is 4.33. The molecule has 0 amide bonds. The molecule has 1 N–H and O–H groups in total. The van der Waals surface area contributed by atoms with Gasteiger partial charge in [0.25, 0.3) is 0 Å². The van der Waals surface area contributed by atoms with Crippen molar-refractivity contribution in [3.8, 4) is 5.75 Å². The molecule has 2 aromatic carbocycles. The van der Waals surface area contributed by atoms with Crippen molar-refractivity contribution in [2.75, 3.05) is 13.2 Å². The van der Waals surface area contributed by atoms with E-state index in [9.17, 15) is 32.7 Å². The number of aliphatic carboxylic acids is 1. The van der Waals surface area contributed by atoms with Gasteiger partial charge in [0.05, 0.1) is 5.56 Å². The Balaban J connectivity index is 1.68. The molecule has 3 rings (SSSR count). The van der Waals surface area contributed by atoms with Crippen LogP contribution < -0.4 is 4.74 Å². The molecular weight excluding hydrogens is 613 g/mol. The van der Waals surface area contributed by atoms with Crippen molar-refractivity contribution in [1.82, 2.24) is 0 Å². The Morgan fingerprint density at radius 3 is 2.13 bits per heavy atom. The lowest BCUT2D eigenvalue weighted by Gasteiger charge is -2.29. The normalized spacial score (nSPS) is 18.1. The van der Waals surface area contributed by atoms with Gasteiger partial charge in [-0.1, -0.05) is 100 Å². The standard InChI is InChI=1S/C37H45F3O7/c1-3-5-6-7-8-9-10-17-33(41)46-29-20-18-27(19-21-29)28-22-24-36(25-23-28,35(43)44)31-15-12-11-14-30(31)34(42)47-32(37(38,39)40)16-13-26-45-4-2/h11-12,14-15,18-25,28,32H,3-10,13,16-17,26H2,1-2H3,(H,43,44)/t28?,32-,36?/m1/s1. The smallest absolute Gasteiger partial charge is 0.425 e. The van der Waals surface area contributed by atoms with E-state index < -0.39 is 36.1 Å². The average molecular weight is 659 g/mol. The molecule has 0 spiro atoms. The van der Waals surface area contributed by atoms with Crippen molar-refractivity contribution in [2.24, 2.45) is 0 Å². The molecule has 0 fully saturated rings. The summed E-state index contributed by atoms with van der Waals surface area (Å²) in [5, 5.41) is 10.3. The molecule has 0 radical (unpaired) electrons. The number of carbonyl (C=O) groups excluding carboxylic acids is 2. The van der Waals surface area contributed by atoms with Crippen LogP contribution in [0.4, 0.5) is 13.2 Å². The predicted molar refractivity (Wildman–Crippen MR) is 172 cm³/mol.